The topological polar surface area (TPSA) is 82.8 Å². The van der Waals surface area contributed by atoms with Crippen LogP contribution in [0.3, 0.4) is 0 Å². The van der Waals surface area contributed by atoms with Gasteiger partial charge in [-0.2, -0.15) is 10.5 Å². The van der Waals surface area contributed by atoms with Crippen LogP contribution in [0.15, 0.2) is 36.4 Å². The van der Waals surface area contributed by atoms with Gasteiger partial charge in [0.25, 0.3) is 0 Å². The molecule has 0 saturated heterocycles. The molecule has 0 atom stereocenters. The molecule has 0 radical (unpaired) electrons. The predicted molar refractivity (Wildman–Crippen MR) is 71.8 cm³/mol. The summed E-state index contributed by atoms with van der Waals surface area (Å²) in [5.74, 6) is 0.751. The number of hydrogen-bond donors (Lipinski definition) is 1. The minimum absolute atomic E-state index is 0.316. The molecule has 0 bridgehead atoms. The average molecular weight is 270 g/mol. The minimum atomic E-state index is 0.316. The highest BCUT2D eigenvalue weighted by Crippen LogP contribution is 2.31. The maximum Gasteiger partial charge on any atom is 0.150 e. The van der Waals surface area contributed by atoms with Gasteiger partial charge in [-0.15, -0.1) is 0 Å². The number of halogens is 1. The van der Waals surface area contributed by atoms with Gasteiger partial charge in [-0.3, -0.25) is 0 Å². The van der Waals surface area contributed by atoms with E-state index in [1.165, 1.54) is 12.1 Å². The molecule has 2 aromatic carbocycles. The lowest BCUT2D eigenvalue weighted by Crippen LogP contribution is -1.94. The lowest BCUT2D eigenvalue weighted by Gasteiger charge is -2.10. The fraction of sp³-hybridized carbons (Fsp3) is 0. The molecule has 5 heteroatoms. The Bertz CT molecular complexity index is 714. The third kappa shape index (κ3) is 2.77. The number of nitrogens with zero attached hydrogens (tertiary/aromatic N) is 2. The van der Waals surface area contributed by atoms with Gasteiger partial charge in [-0.25, -0.2) is 0 Å². The van der Waals surface area contributed by atoms with Gasteiger partial charge < -0.3 is 10.5 Å². The molecule has 0 fully saturated rings. The van der Waals surface area contributed by atoms with Crippen LogP contribution < -0.4 is 10.5 Å². The van der Waals surface area contributed by atoms with Crippen LogP contribution in [0.25, 0.3) is 0 Å². The number of ether oxygens (including phenoxy) is 1. The lowest BCUT2D eigenvalue weighted by molar-refractivity contribution is 0.483. The maximum atomic E-state index is 9.01. The van der Waals surface area contributed by atoms with E-state index >= 15 is 0 Å². The third-order valence-electron chi connectivity index (χ3n) is 2.42. The zero-order chi connectivity index (χ0) is 13.8. The van der Waals surface area contributed by atoms with E-state index in [9.17, 15) is 0 Å². The van der Waals surface area contributed by atoms with Crippen molar-refractivity contribution in [3.8, 4) is 23.6 Å². The summed E-state index contributed by atoms with van der Waals surface area (Å²) < 4.78 is 5.57. The number of nitrogens with two attached hydrogens (primary N) is 1. The summed E-state index contributed by atoms with van der Waals surface area (Å²) in [5, 5.41) is 18.2. The van der Waals surface area contributed by atoms with E-state index in [-0.39, 0.29) is 0 Å². The highest BCUT2D eigenvalue weighted by molar-refractivity contribution is 6.30. The monoisotopic (exact) mass is 269 g/mol. The molecule has 0 aliphatic heterocycles. The fourth-order valence-corrected chi connectivity index (χ4v) is 1.68. The van der Waals surface area contributed by atoms with E-state index in [1.54, 1.807) is 24.3 Å². The van der Waals surface area contributed by atoms with Crippen LogP contribution >= 0.6 is 11.6 Å². The number of nitrogen functional groups attached to an aromatic ring is 1. The first kappa shape index (κ1) is 12.8. The molecular formula is C14H8ClN3O. The Kier molecular flexibility index (Phi) is 3.56. The molecule has 0 amide bonds. The molecule has 0 heterocycles. The van der Waals surface area contributed by atoms with Crippen molar-refractivity contribution < 1.29 is 4.74 Å². The standard InChI is InChI=1S/C14H8ClN3O/c15-11-2-4-13(10(6-11)8-17)19-14-3-1-9(7-16)5-12(14)18/h1-6H,18H2. The SMILES string of the molecule is N#Cc1ccc(Oc2ccc(Cl)cc2C#N)c(N)c1. The van der Waals surface area contributed by atoms with Gasteiger partial charge in [0.05, 0.1) is 22.9 Å². The number of rotatable bonds is 2. The summed E-state index contributed by atoms with van der Waals surface area (Å²) in [5.41, 5.74) is 6.87. The normalized spacial score (nSPS) is 9.42. The number of hydrogen-bond acceptors (Lipinski definition) is 4. The molecule has 0 unspecified atom stereocenters. The highest BCUT2D eigenvalue weighted by Gasteiger charge is 2.08. The highest BCUT2D eigenvalue weighted by atomic mass is 35.5. The summed E-state index contributed by atoms with van der Waals surface area (Å²) in [6, 6.07) is 13.4. The summed E-state index contributed by atoms with van der Waals surface area (Å²) in [6.45, 7) is 0. The number of benzene rings is 2. The van der Waals surface area contributed by atoms with Crippen molar-refractivity contribution in [1.82, 2.24) is 0 Å². The van der Waals surface area contributed by atoms with E-state index in [0.29, 0.717) is 33.3 Å². The molecule has 19 heavy (non-hydrogen) atoms. The second-order valence-electron chi connectivity index (χ2n) is 3.72. The molecule has 4 nitrogen and oxygen atoms in total. The first-order valence-corrected chi connectivity index (χ1v) is 5.69. The average Bonchev–Trinajstić information content (AvgIpc) is 2.42. The molecule has 2 rings (SSSR count). The second-order valence-corrected chi connectivity index (χ2v) is 4.16. The number of anilines is 1. The van der Waals surface area contributed by atoms with E-state index in [1.807, 2.05) is 12.1 Å². The van der Waals surface area contributed by atoms with E-state index < -0.39 is 0 Å². The Morgan fingerprint density at radius 2 is 1.74 bits per heavy atom. The van der Waals surface area contributed by atoms with Crippen LogP contribution in [-0.4, -0.2) is 0 Å². The van der Waals surface area contributed by atoms with Crippen molar-refractivity contribution in [2.75, 3.05) is 5.73 Å². The van der Waals surface area contributed by atoms with Crippen LogP contribution in [0, 0.1) is 22.7 Å². The van der Waals surface area contributed by atoms with Crippen molar-refractivity contribution >= 4 is 17.3 Å². The van der Waals surface area contributed by atoms with Crippen LogP contribution in [0.1, 0.15) is 11.1 Å². The van der Waals surface area contributed by atoms with Crippen molar-refractivity contribution in [3.63, 3.8) is 0 Å². The van der Waals surface area contributed by atoms with Crippen LogP contribution in [-0.2, 0) is 0 Å². The molecule has 2 aromatic rings. The zero-order valence-electron chi connectivity index (χ0n) is 9.72. The van der Waals surface area contributed by atoms with E-state index in [0.717, 1.165) is 0 Å². The Morgan fingerprint density at radius 1 is 1.00 bits per heavy atom. The van der Waals surface area contributed by atoms with Gasteiger partial charge in [0.15, 0.2) is 0 Å². The minimum Gasteiger partial charge on any atom is -0.454 e. The van der Waals surface area contributed by atoms with Gasteiger partial charge in [-0.05, 0) is 36.4 Å². The molecule has 0 aliphatic rings. The van der Waals surface area contributed by atoms with Crippen LogP contribution in [0.4, 0.5) is 5.69 Å². The summed E-state index contributed by atoms with van der Waals surface area (Å²) >= 11 is 5.80. The first-order valence-electron chi connectivity index (χ1n) is 5.31. The molecule has 92 valence electrons. The van der Waals surface area contributed by atoms with Gasteiger partial charge in [0, 0.05) is 5.02 Å². The Labute approximate surface area is 115 Å². The summed E-state index contributed by atoms with van der Waals surface area (Å²) in [4.78, 5) is 0. The molecule has 0 spiro atoms. The van der Waals surface area contributed by atoms with E-state index in [2.05, 4.69) is 0 Å². The van der Waals surface area contributed by atoms with E-state index in [4.69, 9.17) is 32.6 Å². The Hall–Kier alpha value is -2.69. The number of nitriles is 2. The molecule has 0 saturated carbocycles. The van der Waals surface area contributed by atoms with Gasteiger partial charge in [0.2, 0.25) is 0 Å². The zero-order valence-corrected chi connectivity index (χ0v) is 10.5. The van der Waals surface area contributed by atoms with Crippen molar-refractivity contribution in [3.05, 3.63) is 52.5 Å². The van der Waals surface area contributed by atoms with Crippen LogP contribution in [0.2, 0.25) is 5.02 Å². The predicted octanol–water partition coefficient (Wildman–Crippen LogP) is 3.46. The van der Waals surface area contributed by atoms with Gasteiger partial charge >= 0.3 is 0 Å². The van der Waals surface area contributed by atoms with Crippen molar-refractivity contribution in [2.45, 2.75) is 0 Å². The summed E-state index contributed by atoms with van der Waals surface area (Å²) in [6.07, 6.45) is 0. The quantitative estimate of drug-likeness (QED) is 0.846. The smallest absolute Gasteiger partial charge is 0.150 e. The molecule has 0 aliphatic carbocycles. The largest absolute Gasteiger partial charge is 0.454 e. The molecule has 0 aromatic heterocycles. The van der Waals surface area contributed by atoms with Crippen molar-refractivity contribution in [2.24, 2.45) is 0 Å². The summed E-state index contributed by atoms with van der Waals surface area (Å²) in [7, 11) is 0. The lowest BCUT2D eigenvalue weighted by atomic mass is 10.2. The Balaban J connectivity index is 2.37. The fourth-order valence-electron chi connectivity index (χ4n) is 1.51. The van der Waals surface area contributed by atoms with Gasteiger partial charge in [0.1, 0.15) is 17.6 Å². The third-order valence-corrected chi connectivity index (χ3v) is 2.66. The van der Waals surface area contributed by atoms with Crippen molar-refractivity contribution in [1.29, 1.82) is 10.5 Å². The van der Waals surface area contributed by atoms with Gasteiger partial charge in [-0.1, -0.05) is 11.6 Å². The Morgan fingerprint density at radius 3 is 2.37 bits per heavy atom. The first-order chi connectivity index (χ1) is 9.13. The molecule has 2 N–H and O–H groups in total. The maximum absolute atomic E-state index is 9.01. The van der Waals surface area contributed by atoms with Crippen LogP contribution in [0.5, 0.6) is 11.5 Å². The molecular weight excluding hydrogens is 262 g/mol. The second kappa shape index (κ2) is 5.30.